The summed E-state index contributed by atoms with van der Waals surface area (Å²) < 4.78 is 18.4. The molecule has 0 aliphatic heterocycles. The van der Waals surface area contributed by atoms with E-state index in [1.54, 1.807) is 18.3 Å². The van der Waals surface area contributed by atoms with Gasteiger partial charge in [0.05, 0.1) is 23.4 Å². The van der Waals surface area contributed by atoms with Crippen LogP contribution < -0.4 is 5.32 Å². The zero-order chi connectivity index (χ0) is 21.8. The molecule has 0 unspecified atom stereocenters. The third kappa shape index (κ3) is 5.01. The summed E-state index contributed by atoms with van der Waals surface area (Å²) in [5, 5.41) is 6.84. The van der Waals surface area contributed by atoms with Crippen molar-refractivity contribution in [1.82, 2.24) is 20.4 Å². The SMILES string of the molecule is Cc1cc(-c2cnc(C)nc2-c2ccc(CNC(=O)Cc3ccc(F)cc3)cc2)on1. The number of halogens is 1. The molecule has 0 atom stereocenters. The molecule has 1 N–H and O–H groups in total. The van der Waals surface area contributed by atoms with Crippen LogP contribution in [0.2, 0.25) is 0 Å². The van der Waals surface area contributed by atoms with E-state index in [0.717, 1.165) is 33.6 Å². The molecule has 0 radical (unpaired) electrons. The van der Waals surface area contributed by atoms with E-state index in [1.165, 1.54) is 12.1 Å². The summed E-state index contributed by atoms with van der Waals surface area (Å²) in [5.41, 5.74) is 4.95. The van der Waals surface area contributed by atoms with Crippen LogP contribution in [0.5, 0.6) is 0 Å². The molecule has 0 aliphatic carbocycles. The van der Waals surface area contributed by atoms with Gasteiger partial charge < -0.3 is 9.84 Å². The second-order valence-electron chi connectivity index (χ2n) is 7.29. The van der Waals surface area contributed by atoms with Gasteiger partial charge in [0.1, 0.15) is 11.6 Å². The molecule has 0 aliphatic rings. The van der Waals surface area contributed by atoms with Gasteiger partial charge in [-0.3, -0.25) is 4.79 Å². The van der Waals surface area contributed by atoms with Crippen molar-refractivity contribution in [2.24, 2.45) is 0 Å². The first-order valence-electron chi connectivity index (χ1n) is 9.86. The molecule has 0 fully saturated rings. The number of aryl methyl sites for hydroxylation is 2. The van der Waals surface area contributed by atoms with Crippen molar-refractivity contribution in [1.29, 1.82) is 0 Å². The van der Waals surface area contributed by atoms with Crippen LogP contribution in [-0.4, -0.2) is 21.0 Å². The van der Waals surface area contributed by atoms with E-state index < -0.39 is 0 Å². The predicted octanol–water partition coefficient (Wildman–Crippen LogP) is 4.41. The van der Waals surface area contributed by atoms with Gasteiger partial charge in [-0.2, -0.15) is 0 Å². The van der Waals surface area contributed by atoms with Crippen LogP contribution in [0.3, 0.4) is 0 Å². The number of aromatic nitrogens is 3. The minimum atomic E-state index is -0.315. The van der Waals surface area contributed by atoms with Crippen molar-refractivity contribution in [2.45, 2.75) is 26.8 Å². The Balaban J connectivity index is 1.45. The number of carbonyl (C=O) groups is 1. The summed E-state index contributed by atoms with van der Waals surface area (Å²) in [5.74, 6) is 0.839. The average molecular weight is 416 g/mol. The van der Waals surface area contributed by atoms with E-state index in [1.807, 2.05) is 44.2 Å². The standard InChI is InChI=1S/C24H21FN4O2/c1-15-11-22(31-29-15)21-14-26-16(2)28-24(21)19-7-3-18(4-8-19)13-27-23(30)12-17-5-9-20(25)10-6-17/h3-11,14H,12-13H2,1-2H3,(H,27,30). The predicted molar refractivity (Wildman–Crippen MR) is 114 cm³/mol. The maximum atomic E-state index is 13.0. The first kappa shape index (κ1) is 20.4. The number of carbonyl (C=O) groups excluding carboxylic acids is 1. The second kappa shape index (κ2) is 8.87. The van der Waals surface area contributed by atoms with Crippen LogP contribution in [0.1, 0.15) is 22.6 Å². The average Bonchev–Trinajstić information content (AvgIpc) is 3.20. The summed E-state index contributed by atoms with van der Waals surface area (Å²) in [4.78, 5) is 21.0. The number of rotatable bonds is 6. The Morgan fingerprint density at radius 1 is 1.03 bits per heavy atom. The first-order valence-corrected chi connectivity index (χ1v) is 9.86. The van der Waals surface area contributed by atoms with Gasteiger partial charge in [0, 0.05) is 24.4 Å². The summed E-state index contributed by atoms with van der Waals surface area (Å²) >= 11 is 0. The molecule has 0 bridgehead atoms. The van der Waals surface area contributed by atoms with Crippen molar-refractivity contribution < 1.29 is 13.7 Å². The molecule has 2 aromatic carbocycles. The summed E-state index contributed by atoms with van der Waals surface area (Å²) in [6.07, 6.45) is 1.94. The van der Waals surface area contributed by atoms with Crippen molar-refractivity contribution in [3.63, 3.8) is 0 Å². The number of amides is 1. The molecular weight excluding hydrogens is 395 g/mol. The molecule has 156 valence electrons. The van der Waals surface area contributed by atoms with Crippen LogP contribution in [0, 0.1) is 19.7 Å². The maximum Gasteiger partial charge on any atom is 0.224 e. The minimum Gasteiger partial charge on any atom is -0.356 e. The van der Waals surface area contributed by atoms with Crippen LogP contribution in [0.4, 0.5) is 4.39 Å². The number of nitrogens with one attached hydrogen (secondary N) is 1. The third-order valence-electron chi connectivity index (χ3n) is 4.80. The topological polar surface area (TPSA) is 80.9 Å². The highest BCUT2D eigenvalue weighted by atomic mass is 19.1. The van der Waals surface area contributed by atoms with Crippen LogP contribution >= 0.6 is 0 Å². The highest BCUT2D eigenvalue weighted by Gasteiger charge is 2.14. The highest BCUT2D eigenvalue weighted by molar-refractivity contribution is 5.79. The molecule has 4 rings (SSSR count). The number of hydrogen-bond donors (Lipinski definition) is 1. The van der Waals surface area contributed by atoms with Crippen molar-refractivity contribution in [3.8, 4) is 22.6 Å². The Kier molecular flexibility index (Phi) is 5.84. The van der Waals surface area contributed by atoms with Crippen molar-refractivity contribution >= 4 is 5.91 Å². The fourth-order valence-corrected chi connectivity index (χ4v) is 3.19. The van der Waals surface area contributed by atoms with Gasteiger partial charge >= 0.3 is 0 Å². The fourth-order valence-electron chi connectivity index (χ4n) is 3.19. The quantitative estimate of drug-likeness (QED) is 0.503. The van der Waals surface area contributed by atoms with Gasteiger partial charge in [0.15, 0.2) is 5.76 Å². The van der Waals surface area contributed by atoms with Gasteiger partial charge in [-0.05, 0) is 37.1 Å². The molecular formula is C24H21FN4O2. The van der Waals surface area contributed by atoms with Crippen LogP contribution in [-0.2, 0) is 17.8 Å². The highest BCUT2D eigenvalue weighted by Crippen LogP contribution is 2.30. The first-order chi connectivity index (χ1) is 15.0. The van der Waals surface area contributed by atoms with E-state index in [0.29, 0.717) is 18.1 Å². The summed E-state index contributed by atoms with van der Waals surface area (Å²) in [6, 6.07) is 15.6. The minimum absolute atomic E-state index is 0.120. The number of nitrogens with zero attached hydrogens (tertiary/aromatic N) is 3. The molecule has 0 spiro atoms. The lowest BCUT2D eigenvalue weighted by atomic mass is 10.0. The maximum absolute atomic E-state index is 13.0. The molecule has 7 heteroatoms. The van der Waals surface area contributed by atoms with E-state index in [9.17, 15) is 9.18 Å². The molecule has 0 saturated heterocycles. The molecule has 2 heterocycles. The molecule has 2 aromatic heterocycles. The normalized spacial score (nSPS) is 10.8. The third-order valence-corrected chi connectivity index (χ3v) is 4.80. The molecule has 0 saturated carbocycles. The second-order valence-corrected chi connectivity index (χ2v) is 7.29. The van der Waals surface area contributed by atoms with Crippen LogP contribution in [0.25, 0.3) is 22.6 Å². The van der Waals surface area contributed by atoms with Gasteiger partial charge in [-0.1, -0.05) is 41.6 Å². The zero-order valence-corrected chi connectivity index (χ0v) is 17.2. The zero-order valence-electron chi connectivity index (χ0n) is 17.2. The Labute approximate surface area is 179 Å². The fraction of sp³-hybridized carbons (Fsp3) is 0.167. The molecule has 4 aromatic rings. The van der Waals surface area contributed by atoms with E-state index in [2.05, 4.69) is 20.4 Å². The Bertz CT molecular complexity index is 1200. The number of benzene rings is 2. The molecule has 31 heavy (non-hydrogen) atoms. The Morgan fingerprint density at radius 3 is 2.42 bits per heavy atom. The number of hydrogen-bond acceptors (Lipinski definition) is 5. The van der Waals surface area contributed by atoms with E-state index >= 15 is 0 Å². The monoisotopic (exact) mass is 416 g/mol. The van der Waals surface area contributed by atoms with Crippen LogP contribution in [0.15, 0.2) is 65.3 Å². The van der Waals surface area contributed by atoms with Crippen molar-refractivity contribution in [3.05, 3.63) is 89.3 Å². The van der Waals surface area contributed by atoms with E-state index in [4.69, 9.17) is 4.52 Å². The summed E-state index contributed by atoms with van der Waals surface area (Å²) in [7, 11) is 0. The van der Waals surface area contributed by atoms with Gasteiger partial charge in [-0.15, -0.1) is 0 Å². The van der Waals surface area contributed by atoms with Crippen molar-refractivity contribution in [2.75, 3.05) is 0 Å². The lowest BCUT2D eigenvalue weighted by Crippen LogP contribution is -2.24. The summed E-state index contributed by atoms with van der Waals surface area (Å²) in [6.45, 7) is 4.10. The van der Waals surface area contributed by atoms with Gasteiger partial charge in [-0.25, -0.2) is 14.4 Å². The molecule has 1 amide bonds. The Morgan fingerprint density at radius 2 is 1.74 bits per heavy atom. The van der Waals surface area contributed by atoms with Gasteiger partial charge in [0.25, 0.3) is 0 Å². The lowest BCUT2D eigenvalue weighted by Gasteiger charge is -2.09. The lowest BCUT2D eigenvalue weighted by molar-refractivity contribution is -0.120. The van der Waals surface area contributed by atoms with E-state index in [-0.39, 0.29) is 18.1 Å². The molecule has 6 nitrogen and oxygen atoms in total. The Hall–Kier alpha value is -3.87. The smallest absolute Gasteiger partial charge is 0.224 e. The largest absolute Gasteiger partial charge is 0.356 e. The van der Waals surface area contributed by atoms with Gasteiger partial charge in [0.2, 0.25) is 5.91 Å².